The van der Waals surface area contributed by atoms with Crippen molar-refractivity contribution in [3.63, 3.8) is 0 Å². The van der Waals surface area contributed by atoms with Crippen LogP contribution in [0, 0.1) is 5.92 Å². The largest absolute Gasteiger partial charge is 0.313 e. The van der Waals surface area contributed by atoms with Gasteiger partial charge in [0.25, 0.3) is 0 Å². The van der Waals surface area contributed by atoms with Crippen LogP contribution in [-0.4, -0.2) is 29.5 Å². The van der Waals surface area contributed by atoms with Crippen LogP contribution in [-0.2, 0) is 13.1 Å². The van der Waals surface area contributed by atoms with Gasteiger partial charge in [-0.25, -0.2) is 0 Å². The Morgan fingerprint density at radius 1 is 1.15 bits per heavy atom. The Hall–Kier alpha value is -0.930. The fourth-order valence-electron chi connectivity index (χ4n) is 2.37. The van der Waals surface area contributed by atoms with Gasteiger partial charge in [-0.05, 0) is 30.6 Å². The van der Waals surface area contributed by atoms with Crippen LogP contribution in [0.4, 0.5) is 0 Å². The van der Waals surface area contributed by atoms with Crippen LogP contribution in [0.15, 0.2) is 18.3 Å². The van der Waals surface area contributed by atoms with Crippen LogP contribution >= 0.6 is 0 Å². The molecule has 1 aromatic rings. The lowest BCUT2D eigenvalue weighted by Crippen LogP contribution is -2.29. The molecule has 1 rings (SSSR count). The van der Waals surface area contributed by atoms with Crippen molar-refractivity contribution in [2.45, 2.75) is 53.6 Å². The maximum atomic E-state index is 4.60. The van der Waals surface area contributed by atoms with E-state index in [1.165, 1.54) is 30.6 Å². The van der Waals surface area contributed by atoms with Crippen molar-refractivity contribution >= 4 is 0 Å². The Kier molecular flexibility index (Phi) is 8.47. The summed E-state index contributed by atoms with van der Waals surface area (Å²) in [6.45, 7) is 14.1. The first kappa shape index (κ1) is 17.1. The minimum absolute atomic E-state index is 0.808. The molecule has 3 nitrogen and oxygen atoms in total. The van der Waals surface area contributed by atoms with E-state index >= 15 is 0 Å². The Labute approximate surface area is 124 Å². The zero-order valence-corrected chi connectivity index (χ0v) is 13.7. The summed E-state index contributed by atoms with van der Waals surface area (Å²) in [7, 11) is 0. The predicted octanol–water partition coefficient (Wildman–Crippen LogP) is 3.45. The second-order valence-corrected chi connectivity index (χ2v) is 5.45. The molecule has 0 aliphatic heterocycles. The molecule has 3 heteroatoms. The van der Waals surface area contributed by atoms with Gasteiger partial charge in [0.05, 0.1) is 5.69 Å². The molecular formula is C17H31N3. The maximum Gasteiger partial charge on any atom is 0.0544 e. The molecule has 1 heterocycles. The number of pyridine rings is 1. The lowest BCUT2D eigenvalue weighted by atomic mass is 10.0. The van der Waals surface area contributed by atoms with Gasteiger partial charge in [-0.15, -0.1) is 0 Å². The molecule has 0 saturated carbocycles. The van der Waals surface area contributed by atoms with Gasteiger partial charge in [-0.2, -0.15) is 0 Å². The van der Waals surface area contributed by atoms with Gasteiger partial charge < -0.3 is 5.32 Å². The number of nitrogens with zero attached hydrogens (tertiary/aromatic N) is 2. The minimum Gasteiger partial charge on any atom is -0.313 e. The second kappa shape index (κ2) is 9.89. The van der Waals surface area contributed by atoms with E-state index in [1.54, 1.807) is 0 Å². The van der Waals surface area contributed by atoms with Crippen molar-refractivity contribution in [1.82, 2.24) is 15.2 Å². The zero-order valence-electron chi connectivity index (χ0n) is 13.7. The van der Waals surface area contributed by atoms with E-state index in [0.717, 1.165) is 32.1 Å². The predicted molar refractivity (Wildman–Crippen MR) is 86.6 cm³/mol. The molecule has 0 saturated heterocycles. The van der Waals surface area contributed by atoms with Crippen molar-refractivity contribution < 1.29 is 0 Å². The summed E-state index contributed by atoms with van der Waals surface area (Å²) in [5, 5.41) is 3.33. The molecule has 0 spiro atoms. The van der Waals surface area contributed by atoms with Gasteiger partial charge in [0, 0.05) is 25.8 Å². The highest BCUT2D eigenvalue weighted by Crippen LogP contribution is 2.12. The monoisotopic (exact) mass is 277 g/mol. The first-order chi connectivity index (χ1) is 9.73. The van der Waals surface area contributed by atoms with Gasteiger partial charge in [0.15, 0.2) is 0 Å². The van der Waals surface area contributed by atoms with Crippen LogP contribution in [0.3, 0.4) is 0 Å². The summed E-state index contributed by atoms with van der Waals surface area (Å²) >= 11 is 0. The number of hydrogen-bond donors (Lipinski definition) is 1. The number of rotatable bonds is 10. The van der Waals surface area contributed by atoms with Crippen molar-refractivity contribution in [3.8, 4) is 0 Å². The van der Waals surface area contributed by atoms with Crippen molar-refractivity contribution in [1.29, 1.82) is 0 Å². The van der Waals surface area contributed by atoms with Crippen LogP contribution in [0.2, 0.25) is 0 Å². The molecule has 0 aromatic carbocycles. The van der Waals surface area contributed by atoms with E-state index in [2.05, 4.69) is 55.0 Å². The van der Waals surface area contributed by atoms with Crippen LogP contribution in [0.5, 0.6) is 0 Å². The molecule has 0 aliphatic rings. The molecule has 20 heavy (non-hydrogen) atoms. The standard InChI is InChI=1S/C17H31N3/c1-5-15(6-2)13-20(8-4)14-17-10-9-16(12-19-17)11-18-7-3/h9-10,12,15,18H,5-8,11,13-14H2,1-4H3. The number of aromatic nitrogens is 1. The summed E-state index contributed by atoms with van der Waals surface area (Å²) in [6.07, 6.45) is 4.53. The number of hydrogen-bond acceptors (Lipinski definition) is 3. The Balaban J connectivity index is 2.52. The first-order valence-corrected chi connectivity index (χ1v) is 8.10. The molecule has 1 N–H and O–H groups in total. The second-order valence-electron chi connectivity index (χ2n) is 5.45. The smallest absolute Gasteiger partial charge is 0.0544 e. The first-order valence-electron chi connectivity index (χ1n) is 8.10. The van der Waals surface area contributed by atoms with Gasteiger partial charge in [0.1, 0.15) is 0 Å². The van der Waals surface area contributed by atoms with Gasteiger partial charge in [-0.1, -0.05) is 46.6 Å². The van der Waals surface area contributed by atoms with Crippen molar-refractivity contribution in [2.24, 2.45) is 5.92 Å². The lowest BCUT2D eigenvalue weighted by Gasteiger charge is -2.24. The fourth-order valence-corrected chi connectivity index (χ4v) is 2.37. The highest BCUT2D eigenvalue weighted by molar-refractivity contribution is 5.13. The zero-order chi connectivity index (χ0) is 14.8. The molecular weight excluding hydrogens is 246 g/mol. The summed E-state index contributed by atoms with van der Waals surface area (Å²) in [5.41, 5.74) is 2.44. The number of nitrogens with one attached hydrogen (secondary N) is 1. The SMILES string of the molecule is CCNCc1ccc(CN(CC)CC(CC)CC)nc1. The third kappa shape index (κ3) is 6.02. The topological polar surface area (TPSA) is 28.2 Å². The van der Waals surface area contributed by atoms with Crippen LogP contribution in [0.25, 0.3) is 0 Å². The van der Waals surface area contributed by atoms with Gasteiger partial charge >= 0.3 is 0 Å². The Morgan fingerprint density at radius 3 is 2.40 bits per heavy atom. The normalized spacial score (nSPS) is 11.5. The molecule has 0 aliphatic carbocycles. The highest BCUT2D eigenvalue weighted by atomic mass is 15.1. The summed E-state index contributed by atoms with van der Waals surface area (Å²) in [5.74, 6) is 0.808. The molecule has 0 atom stereocenters. The van der Waals surface area contributed by atoms with Crippen molar-refractivity contribution in [3.05, 3.63) is 29.6 Å². The summed E-state index contributed by atoms with van der Waals surface area (Å²) < 4.78 is 0. The molecule has 0 radical (unpaired) electrons. The van der Waals surface area contributed by atoms with E-state index in [1.807, 2.05) is 6.20 Å². The molecule has 1 aromatic heterocycles. The quantitative estimate of drug-likeness (QED) is 0.710. The maximum absolute atomic E-state index is 4.60. The molecule has 0 fully saturated rings. The van der Waals surface area contributed by atoms with Crippen LogP contribution < -0.4 is 5.32 Å². The van der Waals surface area contributed by atoms with Crippen molar-refractivity contribution in [2.75, 3.05) is 19.6 Å². The minimum atomic E-state index is 0.808. The third-order valence-corrected chi connectivity index (χ3v) is 3.97. The van der Waals surface area contributed by atoms with E-state index in [-0.39, 0.29) is 0 Å². The Morgan fingerprint density at radius 2 is 1.90 bits per heavy atom. The average Bonchev–Trinajstić information content (AvgIpc) is 2.50. The van der Waals surface area contributed by atoms with E-state index < -0.39 is 0 Å². The van der Waals surface area contributed by atoms with E-state index in [4.69, 9.17) is 0 Å². The molecule has 0 amide bonds. The fraction of sp³-hybridized carbons (Fsp3) is 0.706. The van der Waals surface area contributed by atoms with E-state index in [0.29, 0.717) is 0 Å². The third-order valence-electron chi connectivity index (χ3n) is 3.97. The van der Waals surface area contributed by atoms with Gasteiger partial charge in [0.2, 0.25) is 0 Å². The van der Waals surface area contributed by atoms with Gasteiger partial charge in [-0.3, -0.25) is 9.88 Å². The molecule has 0 unspecified atom stereocenters. The molecule has 114 valence electrons. The Bertz CT molecular complexity index is 344. The summed E-state index contributed by atoms with van der Waals surface area (Å²) in [4.78, 5) is 7.10. The highest BCUT2D eigenvalue weighted by Gasteiger charge is 2.10. The molecule has 0 bridgehead atoms. The lowest BCUT2D eigenvalue weighted by molar-refractivity contribution is 0.224. The van der Waals surface area contributed by atoms with Crippen LogP contribution in [0.1, 0.15) is 51.8 Å². The van der Waals surface area contributed by atoms with E-state index in [9.17, 15) is 0 Å². The average molecular weight is 277 g/mol. The summed E-state index contributed by atoms with van der Waals surface area (Å²) in [6, 6.07) is 4.36.